The number of halogens is 1. The Bertz CT molecular complexity index is 1120. The maximum absolute atomic E-state index is 6.54. The fourth-order valence-electron chi connectivity index (χ4n) is 3.89. The molecule has 2 aromatic heterocycles. The van der Waals surface area contributed by atoms with Crippen LogP contribution in [0.25, 0.3) is 33.3 Å². The first-order chi connectivity index (χ1) is 13.8. The number of morpholine rings is 1. The average Bonchev–Trinajstić information content (AvgIpc) is 3.14. The van der Waals surface area contributed by atoms with Crippen LogP contribution in [0.4, 0.5) is 0 Å². The summed E-state index contributed by atoms with van der Waals surface area (Å²) >= 11 is 6.54. The van der Waals surface area contributed by atoms with Crippen molar-refractivity contribution in [1.82, 2.24) is 19.4 Å². The van der Waals surface area contributed by atoms with E-state index in [9.17, 15) is 0 Å². The summed E-state index contributed by atoms with van der Waals surface area (Å²) in [6, 6.07) is 18.4. The summed E-state index contributed by atoms with van der Waals surface area (Å²) < 4.78 is 7.79. The number of rotatable bonds is 4. The predicted octanol–water partition coefficient (Wildman–Crippen LogP) is 4.24. The van der Waals surface area contributed by atoms with E-state index in [1.165, 1.54) is 0 Å². The molecule has 0 spiro atoms. The van der Waals surface area contributed by atoms with E-state index in [4.69, 9.17) is 21.3 Å². The maximum atomic E-state index is 6.54. The van der Waals surface area contributed by atoms with Crippen LogP contribution in [0.5, 0.6) is 0 Å². The van der Waals surface area contributed by atoms with Gasteiger partial charge in [-0.1, -0.05) is 60.1 Å². The number of ether oxygens (including phenoxy) is 1. The molecule has 1 aliphatic heterocycles. The molecule has 1 aliphatic rings. The molecule has 0 radical (unpaired) electrons. The van der Waals surface area contributed by atoms with E-state index in [2.05, 4.69) is 32.7 Å². The third-order valence-corrected chi connectivity index (χ3v) is 5.58. The van der Waals surface area contributed by atoms with Crippen LogP contribution >= 0.6 is 11.6 Å². The second kappa shape index (κ2) is 7.51. The standard InChI is InChI=1S/C22H21ClN4O/c23-21-19-20(17-8-4-5-9-18(17)24-21)27(11-10-26-12-14-28-15-13-26)22(25-19)16-6-2-1-3-7-16/h1-9H,10-15H2. The molecule has 4 aromatic rings. The highest BCUT2D eigenvalue weighted by atomic mass is 35.5. The molecule has 0 atom stereocenters. The molecule has 3 heterocycles. The quantitative estimate of drug-likeness (QED) is 0.487. The lowest BCUT2D eigenvalue weighted by molar-refractivity contribution is 0.0366. The Morgan fingerprint density at radius 2 is 1.64 bits per heavy atom. The molecule has 1 saturated heterocycles. The van der Waals surface area contributed by atoms with Gasteiger partial charge in [0.25, 0.3) is 0 Å². The third-order valence-electron chi connectivity index (χ3n) is 5.32. The molecular weight excluding hydrogens is 372 g/mol. The van der Waals surface area contributed by atoms with Gasteiger partial charge in [-0.2, -0.15) is 0 Å². The molecular formula is C22H21ClN4O. The maximum Gasteiger partial charge on any atom is 0.157 e. The summed E-state index contributed by atoms with van der Waals surface area (Å²) in [5.74, 6) is 0.934. The third kappa shape index (κ3) is 3.15. The summed E-state index contributed by atoms with van der Waals surface area (Å²) in [4.78, 5) is 11.9. The van der Waals surface area contributed by atoms with Gasteiger partial charge in [0.1, 0.15) is 11.3 Å². The van der Waals surface area contributed by atoms with Crippen molar-refractivity contribution in [3.8, 4) is 11.4 Å². The molecule has 5 nitrogen and oxygen atoms in total. The van der Waals surface area contributed by atoms with E-state index < -0.39 is 0 Å². The number of imidazole rings is 1. The largest absolute Gasteiger partial charge is 0.379 e. The number of pyridine rings is 1. The van der Waals surface area contributed by atoms with Crippen molar-refractivity contribution < 1.29 is 4.74 Å². The smallest absolute Gasteiger partial charge is 0.157 e. The highest BCUT2D eigenvalue weighted by Crippen LogP contribution is 2.33. The number of hydrogen-bond acceptors (Lipinski definition) is 4. The monoisotopic (exact) mass is 392 g/mol. The zero-order chi connectivity index (χ0) is 18.9. The first kappa shape index (κ1) is 17.6. The fourth-order valence-corrected chi connectivity index (χ4v) is 4.11. The van der Waals surface area contributed by atoms with Gasteiger partial charge >= 0.3 is 0 Å². The predicted molar refractivity (Wildman–Crippen MR) is 113 cm³/mol. The van der Waals surface area contributed by atoms with Gasteiger partial charge in [-0.15, -0.1) is 0 Å². The van der Waals surface area contributed by atoms with Gasteiger partial charge in [0.15, 0.2) is 5.15 Å². The highest BCUT2D eigenvalue weighted by Gasteiger charge is 2.19. The minimum atomic E-state index is 0.455. The lowest BCUT2D eigenvalue weighted by atomic mass is 10.2. The molecule has 0 aliphatic carbocycles. The minimum Gasteiger partial charge on any atom is -0.379 e. The van der Waals surface area contributed by atoms with Crippen LogP contribution in [0.2, 0.25) is 5.15 Å². The van der Waals surface area contributed by atoms with Crippen LogP contribution in [0, 0.1) is 0 Å². The molecule has 0 amide bonds. The number of nitrogens with zero attached hydrogens (tertiary/aromatic N) is 4. The fraction of sp³-hybridized carbons (Fsp3) is 0.273. The second-order valence-corrected chi connectivity index (χ2v) is 7.38. The summed E-state index contributed by atoms with van der Waals surface area (Å²) in [5, 5.41) is 1.54. The molecule has 0 saturated carbocycles. The zero-order valence-corrected chi connectivity index (χ0v) is 16.3. The van der Waals surface area contributed by atoms with Crippen molar-refractivity contribution in [2.45, 2.75) is 6.54 Å². The van der Waals surface area contributed by atoms with Crippen LogP contribution in [0.15, 0.2) is 54.6 Å². The van der Waals surface area contributed by atoms with Crippen molar-refractivity contribution in [2.75, 3.05) is 32.8 Å². The van der Waals surface area contributed by atoms with Gasteiger partial charge in [-0.25, -0.2) is 9.97 Å². The van der Waals surface area contributed by atoms with Gasteiger partial charge in [-0.05, 0) is 6.07 Å². The Hall–Kier alpha value is -2.47. The van der Waals surface area contributed by atoms with E-state index in [0.717, 1.165) is 72.7 Å². The number of benzene rings is 2. The van der Waals surface area contributed by atoms with Gasteiger partial charge in [-0.3, -0.25) is 4.90 Å². The van der Waals surface area contributed by atoms with Gasteiger partial charge < -0.3 is 9.30 Å². The summed E-state index contributed by atoms with van der Waals surface area (Å²) in [6.07, 6.45) is 0. The van der Waals surface area contributed by atoms with Gasteiger partial charge in [0.05, 0.1) is 24.2 Å². The number of aromatic nitrogens is 3. The topological polar surface area (TPSA) is 43.2 Å². The summed E-state index contributed by atoms with van der Waals surface area (Å²) in [5.41, 5.74) is 3.80. The lowest BCUT2D eigenvalue weighted by Gasteiger charge is -2.27. The van der Waals surface area contributed by atoms with Crippen molar-refractivity contribution in [3.05, 3.63) is 59.8 Å². The Labute approximate surface area is 168 Å². The Kier molecular flexibility index (Phi) is 4.72. The average molecular weight is 393 g/mol. The summed E-state index contributed by atoms with van der Waals surface area (Å²) in [7, 11) is 0. The van der Waals surface area contributed by atoms with E-state index in [-0.39, 0.29) is 0 Å². The van der Waals surface area contributed by atoms with E-state index in [1.54, 1.807) is 0 Å². The highest BCUT2D eigenvalue weighted by molar-refractivity contribution is 6.35. The Morgan fingerprint density at radius 3 is 2.46 bits per heavy atom. The molecule has 0 bridgehead atoms. The van der Waals surface area contributed by atoms with Gasteiger partial charge in [0, 0.05) is 37.1 Å². The van der Waals surface area contributed by atoms with Crippen LogP contribution in [0.3, 0.4) is 0 Å². The van der Waals surface area contributed by atoms with Crippen LogP contribution in [-0.2, 0) is 11.3 Å². The van der Waals surface area contributed by atoms with Gasteiger partial charge in [0.2, 0.25) is 0 Å². The molecule has 5 rings (SSSR count). The molecule has 6 heteroatoms. The van der Waals surface area contributed by atoms with Crippen molar-refractivity contribution >= 4 is 33.5 Å². The molecule has 1 fully saturated rings. The van der Waals surface area contributed by atoms with E-state index in [1.807, 2.05) is 36.4 Å². The zero-order valence-electron chi connectivity index (χ0n) is 15.5. The molecule has 0 N–H and O–H groups in total. The number of para-hydroxylation sites is 1. The minimum absolute atomic E-state index is 0.455. The van der Waals surface area contributed by atoms with E-state index in [0.29, 0.717) is 5.15 Å². The van der Waals surface area contributed by atoms with Crippen molar-refractivity contribution in [1.29, 1.82) is 0 Å². The first-order valence-corrected chi connectivity index (χ1v) is 9.99. The number of fused-ring (bicyclic) bond motifs is 3. The Morgan fingerprint density at radius 1 is 0.893 bits per heavy atom. The lowest BCUT2D eigenvalue weighted by Crippen LogP contribution is -2.38. The van der Waals surface area contributed by atoms with Crippen LogP contribution < -0.4 is 0 Å². The molecule has 28 heavy (non-hydrogen) atoms. The SMILES string of the molecule is Clc1nc2ccccc2c2c1nc(-c1ccccc1)n2CCN1CCOCC1. The molecule has 0 unspecified atom stereocenters. The molecule has 2 aromatic carbocycles. The molecule has 142 valence electrons. The number of hydrogen-bond donors (Lipinski definition) is 0. The van der Waals surface area contributed by atoms with Crippen LogP contribution in [-0.4, -0.2) is 52.3 Å². The Balaban J connectivity index is 1.69. The van der Waals surface area contributed by atoms with Crippen molar-refractivity contribution in [3.63, 3.8) is 0 Å². The van der Waals surface area contributed by atoms with E-state index >= 15 is 0 Å². The summed E-state index contributed by atoms with van der Waals surface area (Å²) in [6.45, 7) is 5.32. The second-order valence-electron chi connectivity index (χ2n) is 7.02. The van der Waals surface area contributed by atoms with Crippen molar-refractivity contribution in [2.24, 2.45) is 0 Å². The normalized spacial score (nSPS) is 15.5. The van der Waals surface area contributed by atoms with Crippen LogP contribution in [0.1, 0.15) is 0 Å². The first-order valence-electron chi connectivity index (χ1n) is 9.61.